The van der Waals surface area contributed by atoms with E-state index in [9.17, 15) is 0 Å². The van der Waals surface area contributed by atoms with Crippen LogP contribution in [0.25, 0.3) is 10.1 Å². The molecule has 13 heavy (non-hydrogen) atoms. The number of fused-ring (bicyclic) bond motifs is 1. The highest BCUT2D eigenvalue weighted by Crippen LogP contribution is 2.31. The summed E-state index contributed by atoms with van der Waals surface area (Å²) in [7, 11) is 0. The number of benzene rings is 1. The number of thiophene rings is 1. The monoisotopic (exact) mass is 208 g/mol. The minimum atomic E-state index is 1.07. The molecule has 2 aromatic rings. The van der Waals surface area contributed by atoms with E-state index in [0.29, 0.717) is 0 Å². The molecule has 0 radical (unpaired) electrons. The van der Waals surface area contributed by atoms with E-state index in [1.807, 2.05) is 11.3 Å². The first kappa shape index (κ1) is 9.10. The van der Waals surface area contributed by atoms with E-state index in [2.05, 4.69) is 44.0 Å². The summed E-state index contributed by atoms with van der Waals surface area (Å²) in [5.74, 6) is 0. The smallest absolute Gasteiger partial charge is 0.0375 e. The van der Waals surface area contributed by atoms with Crippen LogP contribution in [0.15, 0.2) is 22.4 Å². The molecule has 0 aliphatic heterocycles. The Morgan fingerprint density at radius 3 is 2.92 bits per heavy atom. The molecule has 0 nitrogen and oxygen atoms in total. The van der Waals surface area contributed by atoms with E-state index in [-0.39, 0.29) is 0 Å². The van der Waals surface area contributed by atoms with Crippen molar-refractivity contribution in [2.75, 3.05) is 0 Å². The molecule has 2 heteroatoms. The lowest BCUT2D eigenvalue weighted by Gasteiger charge is -2.07. The van der Waals surface area contributed by atoms with Crippen LogP contribution < -0.4 is 0 Å². The summed E-state index contributed by atoms with van der Waals surface area (Å²) in [6.45, 7) is 4.37. The van der Waals surface area contributed by atoms with Gasteiger partial charge in [0, 0.05) is 9.60 Å². The van der Waals surface area contributed by atoms with Crippen molar-refractivity contribution in [3.05, 3.63) is 28.6 Å². The largest absolute Gasteiger partial charge is 0.144 e. The molecule has 1 heterocycles. The minimum Gasteiger partial charge on any atom is -0.144 e. The molecule has 2 rings (SSSR count). The molecular weight excluding hydrogens is 196 g/mol. The summed E-state index contributed by atoms with van der Waals surface area (Å²) in [6, 6.07) is 4.33. The van der Waals surface area contributed by atoms with Gasteiger partial charge in [-0.05, 0) is 47.4 Å². The summed E-state index contributed by atoms with van der Waals surface area (Å²) in [6.07, 6.45) is 1.07. The summed E-state index contributed by atoms with van der Waals surface area (Å²) in [5, 5.41) is 3.47. The van der Waals surface area contributed by atoms with Crippen molar-refractivity contribution in [3.63, 3.8) is 0 Å². The maximum atomic E-state index is 4.50. The average Bonchev–Trinajstić information content (AvgIpc) is 2.53. The normalized spacial score (nSPS) is 11.0. The average molecular weight is 208 g/mol. The molecule has 0 saturated carbocycles. The Hall–Kier alpha value is -0.470. The van der Waals surface area contributed by atoms with Gasteiger partial charge in [-0.15, -0.1) is 24.0 Å². The predicted octanol–water partition coefficient (Wildman–Crippen LogP) is 4.06. The standard InChI is InChI=1S/C11H12S2/c1-3-9-7(2)11-8(4-5-13-11)6-10(9)12/h4-6,12H,3H2,1-2H3. The van der Waals surface area contributed by atoms with Gasteiger partial charge in [-0.1, -0.05) is 6.92 Å². The zero-order valence-corrected chi connectivity index (χ0v) is 9.51. The van der Waals surface area contributed by atoms with Gasteiger partial charge in [0.2, 0.25) is 0 Å². The molecule has 0 fully saturated rings. The van der Waals surface area contributed by atoms with Crippen LogP contribution >= 0.6 is 24.0 Å². The van der Waals surface area contributed by atoms with Crippen LogP contribution in [0.3, 0.4) is 0 Å². The van der Waals surface area contributed by atoms with Gasteiger partial charge in [0.25, 0.3) is 0 Å². The Labute approximate surface area is 88.0 Å². The zero-order valence-electron chi connectivity index (χ0n) is 7.79. The first-order valence-electron chi connectivity index (χ1n) is 4.42. The van der Waals surface area contributed by atoms with Crippen LogP contribution in [-0.2, 0) is 6.42 Å². The van der Waals surface area contributed by atoms with E-state index in [1.165, 1.54) is 21.2 Å². The fraction of sp³-hybridized carbons (Fsp3) is 0.273. The molecule has 0 amide bonds. The molecule has 0 atom stereocenters. The van der Waals surface area contributed by atoms with Crippen molar-refractivity contribution in [1.29, 1.82) is 0 Å². The van der Waals surface area contributed by atoms with Crippen LogP contribution in [0, 0.1) is 6.92 Å². The lowest BCUT2D eigenvalue weighted by molar-refractivity contribution is 1.07. The fourth-order valence-electron chi connectivity index (χ4n) is 1.75. The predicted molar refractivity (Wildman–Crippen MR) is 63.2 cm³/mol. The van der Waals surface area contributed by atoms with Gasteiger partial charge in [0.1, 0.15) is 0 Å². The van der Waals surface area contributed by atoms with Gasteiger partial charge in [-0.2, -0.15) is 0 Å². The van der Waals surface area contributed by atoms with Crippen molar-refractivity contribution in [1.82, 2.24) is 0 Å². The molecule has 1 aromatic heterocycles. The number of rotatable bonds is 1. The van der Waals surface area contributed by atoms with Crippen molar-refractivity contribution < 1.29 is 0 Å². The lowest BCUT2D eigenvalue weighted by Crippen LogP contribution is -1.88. The molecule has 0 spiro atoms. The molecule has 0 unspecified atom stereocenters. The second-order valence-corrected chi connectivity index (χ2v) is 4.59. The van der Waals surface area contributed by atoms with E-state index >= 15 is 0 Å². The summed E-state index contributed by atoms with van der Waals surface area (Å²) < 4.78 is 1.41. The summed E-state index contributed by atoms with van der Waals surface area (Å²) in [4.78, 5) is 1.13. The summed E-state index contributed by atoms with van der Waals surface area (Å²) >= 11 is 6.32. The van der Waals surface area contributed by atoms with Crippen LogP contribution in [0.4, 0.5) is 0 Å². The third-order valence-electron chi connectivity index (χ3n) is 2.44. The lowest BCUT2D eigenvalue weighted by atomic mass is 10.0. The van der Waals surface area contributed by atoms with Gasteiger partial charge >= 0.3 is 0 Å². The molecule has 0 N–H and O–H groups in total. The van der Waals surface area contributed by atoms with Crippen LogP contribution in [0.1, 0.15) is 18.1 Å². The van der Waals surface area contributed by atoms with Crippen LogP contribution in [-0.4, -0.2) is 0 Å². The van der Waals surface area contributed by atoms with Gasteiger partial charge in [0.05, 0.1) is 0 Å². The van der Waals surface area contributed by atoms with Gasteiger partial charge < -0.3 is 0 Å². The molecular formula is C11H12S2. The highest BCUT2D eigenvalue weighted by molar-refractivity contribution is 7.80. The van der Waals surface area contributed by atoms with E-state index in [0.717, 1.165) is 11.3 Å². The first-order chi connectivity index (χ1) is 6.24. The summed E-state index contributed by atoms with van der Waals surface area (Å²) in [5.41, 5.74) is 2.79. The Kier molecular flexibility index (Phi) is 2.35. The topological polar surface area (TPSA) is 0 Å². The molecule has 0 saturated heterocycles. The van der Waals surface area contributed by atoms with Crippen LogP contribution in [0.2, 0.25) is 0 Å². The second-order valence-electron chi connectivity index (χ2n) is 3.19. The van der Waals surface area contributed by atoms with E-state index in [4.69, 9.17) is 0 Å². The number of hydrogen-bond donors (Lipinski definition) is 1. The Morgan fingerprint density at radius 2 is 2.23 bits per heavy atom. The quantitative estimate of drug-likeness (QED) is 0.671. The number of hydrogen-bond acceptors (Lipinski definition) is 2. The highest BCUT2D eigenvalue weighted by Gasteiger charge is 2.06. The maximum absolute atomic E-state index is 4.50. The van der Waals surface area contributed by atoms with Gasteiger partial charge in [-0.3, -0.25) is 0 Å². The third-order valence-corrected chi connectivity index (χ3v) is 3.89. The van der Waals surface area contributed by atoms with E-state index < -0.39 is 0 Å². The van der Waals surface area contributed by atoms with Crippen molar-refractivity contribution in [2.24, 2.45) is 0 Å². The number of thiol groups is 1. The fourth-order valence-corrected chi connectivity index (χ4v) is 3.13. The van der Waals surface area contributed by atoms with Crippen LogP contribution in [0.5, 0.6) is 0 Å². The molecule has 1 aromatic carbocycles. The minimum absolute atomic E-state index is 1.07. The second kappa shape index (κ2) is 3.35. The molecule has 0 bridgehead atoms. The first-order valence-corrected chi connectivity index (χ1v) is 5.75. The zero-order chi connectivity index (χ0) is 9.42. The van der Waals surface area contributed by atoms with Crippen molar-refractivity contribution in [3.8, 4) is 0 Å². The van der Waals surface area contributed by atoms with Gasteiger partial charge in [0.15, 0.2) is 0 Å². The molecule has 68 valence electrons. The molecule has 0 aliphatic rings. The van der Waals surface area contributed by atoms with Gasteiger partial charge in [-0.25, -0.2) is 0 Å². The Bertz CT molecular complexity index is 441. The van der Waals surface area contributed by atoms with E-state index in [1.54, 1.807) is 0 Å². The SMILES string of the molecule is CCc1c(S)cc2ccsc2c1C. The number of aryl methyl sites for hydroxylation is 1. The van der Waals surface area contributed by atoms with Crippen molar-refractivity contribution in [2.45, 2.75) is 25.2 Å². The molecule has 0 aliphatic carbocycles. The van der Waals surface area contributed by atoms with Crippen molar-refractivity contribution >= 4 is 34.1 Å². The highest BCUT2D eigenvalue weighted by atomic mass is 32.1. The maximum Gasteiger partial charge on any atom is 0.0375 e. The Balaban J connectivity index is 2.85. The Morgan fingerprint density at radius 1 is 1.46 bits per heavy atom. The third kappa shape index (κ3) is 1.38.